The second kappa shape index (κ2) is 4.90. The molecule has 0 spiro atoms. The van der Waals surface area contributed by atoms with E-state index in [0.717, 1.165) is 12.1 Å². The maximum Gasteiger partial charge on any atom is 0.303 e. The van der Waals surface area contributed by atoms with E-state index < -0.39 is 10.2 Å². The van der Waals surface area contributed by atoms with Crippen molar-refractivity contribution >= 4 is 15.9 Å². The fourth-order valence-corrected chi connectivity index (χ4v) is 3.57. The van der Waals surface area contributed by atoms with Gasteiger partial charge in [0.05, 0.1) is 5.69 Å². The number of benzene rings is 1. The molecule has 18 heavy (non-hydrogen) atoms. The molecule has 0 bridgehead atoms. The highest BCUT2D eigenvalue weighted by Gasteiger charge is 2.30. The largest absolute Gasteiger partial charge is 0.303 e. The molecular formula is C13H20N2O2S. The lowest BCUT2D eigenvalue weighted by atomic mass is 10.0. The average Bonchev–Trinajstić information content (AvgIpc) is 2.33. The summed E-state index contributed by atoms with van der Waals surface area (Å²) in [6.07, 6.45) is 0.863. The Labute approximate surface area is 109 Å². The second-order valence-electron chi connectivity index (χ2n) is 5.00. The smallest absolute Gasteiger partial charge is 0.258 e. The molecule has 1 aromatic rings. The van der Waals surface area contributed by atoms with Crippen molar-refractivity contribution in [2.24, 2.45) is 0 Å². The van der Waals surface area contributed by atoms with E-state index in [1.807, 2.05) is 24.3 Å². The molecule has 0 atom stereocenters. The molecule has 1 aliphatic heterocycles. The minimum Gasteiger partial charge on any atom is -0.258 e. The topological polar surface area (TPSA) is 40.6 Å². The molecular weight excluding hydrogens is 248 g/mol. The van der Waals surface area contributed by atoms with Crippen molar-refractivity contribution in [1.29, 1.82) is 0 Å². The zero-order valence-electron chi connectivity index (χ0n) is 11.1. The van der Waals surface area contributed by atoms with E-state index in [-0.39, 0.29) is 0 Å². The first-order valence-corrected chi connectivity index (χ1v) is 7.66. The predicted molar refractivity (Wildman–Crippen MR) is 74.0 cm³/mol. The van der Waals surface area contributed by atoms with Crippen molar-refractivity contribution < 1.29 is 8.42 Å². The lowest BCUT2D eigenvalue weighted by Gasteiger charge is -2.33. The maximum absolute atomic E-state index is 12.2. The van der Waals surface area contributed by atoms with E-state index in [1.54, 1.807) is 7.05 Å². The number of rotatable bonds is 2. The van der Waals surface area contributed by atoms with Gasteiger partial charge in [0.15, 0.2) is 0 Å². The molecule has 1 saturated heterocycles. The van der Waals surface area contributed by atoms with E-state index in [0.29, 0.717) is 19.0 Å². The van der Waals surface area contributed by atoms with Gasteiger partial charge in [-0.05, 0) is 30.0 Å². The van der Waals surface area contributed by atoms with Crippen LogP contribution in [0.3, 0.4) is 0 Å². The predicted octanol–water partition coefficient (Wildman–Crippen LogP) is 2.20. The van der Waals surface area contributed by atoms with Crippen LogP contribution in [0.25, 0.3) is 0 Å². The van der Waals surface area contributed by atoms with E-state index in [4.69, 9.17) is 0 Å². The molecule has 1 aromatic carbocycles. The second-order valence-corrected chi connectivity index (χ2v) is 6.96. The summed E-state index contributed by atoms with van der Waals surface area (Å²) in [7, 11) is -1.69. The Kier molecular flexibility index (Phi) is 3.64. The number of hydrogen-bond acceptors (Lipinski definition) is 2. The van der Waals surface area contributed by atoms with Gasteiger partial charge >= 0.3 is 10.2 Å². The normalized spacial score (nSPS) is 20.3. The summed E-state index contributed by atoms with van der Waals surface area (Å²) in [4.78, 5) is 0. The molecule has 5 heteroatoms. The third kappa shape index (κ3) is 2.37. The van der Waals surface area contributed by atoms with E-state index in [2.05, 4.69) is 13.8 Å². The number of anilines is 1. The van der Waals surface area contributed by atoms with Crippen molar-refractivity contribution in [1.82, 2.24) is 4.31 Å². The summed E-state index contributed by atoms with van der Waals surface area (Å²) in [6, 6.07) is 7.80. The van der Waals surface area contributed by atoms with Crippen LogP contribution in [0.15, 0.2) is 24.3 Å². The Balaban J connectivity index is 2.31. The molecule has 0 aromatic heterocycles. The highest BCUT2D eigenvalue weighted by atomic mass is 32.2. The SMILES string of the molecule is CC(C)c1ccc(N2CCCN(C)S2(=O)=O)cc1. The minimum atomic E-state index is -3.32. The quantitative estimate of drug-likeness (QED) is 0.825. The first kappa shape index (κ1) is 13.4. The molecule has 2 rings (SSSR count). The van der Waals surface area contributed by atoms with Gasteiger partial charge in [-0.2, -0.15) is 12.7 Å². The molecule has 4 nitrogen and oxygen atoms in total. The third-order valence-electron chi connectivity index (χ3n) is 3.35. The summed E-state index contributed by atoms with van der Waals surface area (Å²) in [5, 5.41) is 0. The zero-order chi connectivity index (χ0) is 13.3. The molecule has 0 N–H and O–H groups in total. The molecule has 1 heterocycles. The van der Waals surface area contributed by atoms with Gasteiger partial charge in [0, 0.05) is 20.1 Å². The number of hydrogen-bond donors (Lipinski definition) is 0. The molecule has 0 amide bonds. The Morgan fingerprint density at radius 2 is 1.72 bits per heavy atom. The summed E-state index contributed by atoms with van der Waals surface area (Å²) in [5.74, 6) is 0.458. The Morgan fingerprint density at radius 1 is 1.11 bits per heavy atom. The molecule has 0 unspecified atom stereocenters. The molecule has 1 aliphatic rings. The molecule has 0 aliphatic carbocycles. The Hall–Kier alpha value is -1.07. The van der Waals surface area contributed by atoms with Crippen LogP contribution in [-0.2, 0) is 10.2 Å². The first-order valence-electron chi connectivity index (χ1n) is 6.27. The van der Waals surface area contributed by atoms with Gasteiger partial charge < -0.3 is 0 Å². The van der Waals surface area contributed by atoms with Crippen molar-refractivity contribution in [3.05, 3.63) is 29.8 Å². The van der Waals surface area contributed by atoms with E-state index in [1.165, 1.54) is 14.2 Å². The molecule has 0 radical (unpaired) electrons. The van der Waals surface area contributed by atoms with Gasteiger partial charge in [-0.3, -0.25) is 4.31 Å². The maximum atomic E-state index is 12.2. The lowest BCUT2D eigenvalue weighted by Crippen LogP contribution is -2.47. The van der Waals surface area contributed by atoms with Crippen molar-refractivity contribution in [2.75, 3.05) is 24.4 Å². The van der Waals surface area contributed by atoms with Crippen LogP contribution in [0.2, 0.25) is 0 Å². The third-order valence-corrected chi connectivity index (χ3v) is 5.28. The van der Waals surface area contributed by atoms with E-state index >= 15 is 0 Å². The van der Waals surface area contributed by atoms with Crippen LogP contribution >= 0.6 is 0 Å². The first-order chi connectivity index (χ1) is 8.43. The van der Waals surface area contributed by atoms with Crippen LogP contribution in [-0.4, -0.2) is 32.9 Å². The van der Waals surface area contributed by atoms with Gasteiger partial charge in [-0.1, -0.05) is 26.0 Å². The fraction of sp³-hybridized carbons (Fsp3) is 0.538. The van der Waals surface area contributed by atoms with Gasteiger partial charge in [0.1, 0.15) is 0 Å². The Bertz CT molecular complexity index is 508. The molecule has 100 valence electrons. The fourth-order valence-electron chi connectivity index (χ4n) is 2.12. The van der Waals surface area contributed by atoms with Gasteiger partial charge in [0.25, 0.3) is 0 Å². The average molecular weight is 268 g/mol. The Morgan fingerprint density at radius 3 is 2.28 bits per heavy atom. The lowest BCUT2D eigenvalue weighted by molar-refractivity contribution is 0.438. The van der Waals surface area contributed by atoms with Gasteiger partial charge in [-0.15, -0.1) is 0 Å². The van der Waals surface area contributed by atoms with Crippen LogP contribution in [0.4, 0.5) is 5.69 Å². The highest BCUT2D eigenvalue weighted by molar-refractivity contribution is 7.90. The van der Waals surface area contributed by atoms with Crippen LogP contribution in [0.5, 0.6) is 0 Å². The summed E-state index contributed by atoms with van der Waals surface area (Å²) >= 11 is 0. The standard InChI is InChI=1S/C13H20N2O2S/c1-11(2)12-5-7-13(8-6-12)15-10-4-9-14(3)18(15,16)17/h5-8,11H,4,9-10H2,1-3H3. The van der Waals surface area contributed by atoms with Gasteiger partial charge in [-0.25, -0.2) is 0 Å². The summed E-state index contributed by atoms with van der Waals surface area (Å²) in [6.45, 7) is 5.41. The molecule has 1 fully saturated rings. The summed E-state index contributed by atoms with van der Waals surface area (Å²) in [5.41, 5.74) is 1.98. The van der Waals surface area contributed by atoms with Gasteiger partial charge in [0.2, 0.25) is 0 Å². The highest BCUT2D eigenvalue weighted by Crippen LogP contribution is 2.25. The van der Waals surface area contributed by atoms with Crippen LogP contribution in [0.1, 0.15) is 31.7 Å². The van der Waals surface area contributed by atoms with Crippen molar-refractivity contribution in [2.45, 2.75) is 26.2 Å². The van der Waals surface area contributed by atoms with Crippen molar-refractivity contribution in [3.63, 3.8) is 0 Å². The monoisotopic (exact) mass is 268 g/mol. The number of nitrogens with zero attached hydrogens (tertiary/aromatic N) is 2. The minimum absolute atomic E-state index is 0.458. The zero-order valence-corrected chi connectivity index (χ0v) is 11.9. The molecule has 0 saturated carbocycles. The summed E-state index contributed by atoms with van der Waals surface area (Å²) < 4.78 is 27.3. The van der Waals surface area contributed by atoms with E-state index in [9.17, 15) is 8.42 Å². The van der Waals surface area contributed by atoms with Crippen LogP contribution in [0, 0.1) is 0 Å². The van der Waals surface area contributed by atoms with Crippen LogP contribution < -0.4 is 4.31 Å². The van der Waals surface area contributed by atoms with Crippen molar-refractivity contribution in [3.8, 4) is 0 Å².